The molecule has 7 nitrogen and oxygen atoms in total. The van der Waals surface area contributed by atoms with E-state index in [1.54, 1.807) is 18.2 Å². The third-order valence-corrected chi connectivity index (χ3v) is 5.69. The predicted molar refractivity (Wildman–Crippen MR) is 126 cm³/mol. The van der Waals surface area contributed by atoms with Crippen LogP contribution in [0.15, 0.2) is 42.5 Å². The lowest BCUT2D eigenvalue weighted by Crippen LogP contribution is -2.48. The standard InChI is InChI=1S/C25H32FN3O4/c1-19(30)20-5-10-23(24(18-20)32-2)33-17-3-4-25(31)27-11-12-28-13-15-29(16-14-28)22-8-6-21(26)7-9-22/h5-10,18H,3-4,11-17H2,1-2H3,(H,27,31). The van der Waals surface area contributed by atoms with Crippen molar-refractivity contribution in [3.63, 3.8) is 0 Å². The van der Waals surface area contributed by atoms with Crippen LogP contribution in [-0.2, 0) is 4.79 Å². The Morgan fingerprint density at radius 1 is 1.03 bits per heavy atom. The Labute approximate surface area is 194 Å². The lowest BCUT2D eigenvalue weighted by molar-refractivity contribution is -0.121. The molecule has 1 aliphatic rings. The van der Waals surface area contributed by atoms with E-state index in [0.29, 0.717) is 43.1 Å². The second-order valence-corrected chi connectivity index (χ2v) is 8.03. The molecule has 8 heteroatoms. The van der Waals surface area contributed by atoms with E-state index < -0.39 is 0 Å². The summed E-state index contributed by atoms with van der Waals surface area (Å²) in [6, 6.07) is 11.7. The van der Waals surface area contributed by atoms with Gasteiger partial charge in [0.05, 0.1) is 13.7 Å². The summed E-state index contributed by atoms with van der Waals surface area (Å²) >= 11 is 0. The quantitative estimate of drug-likeness (QED) is 0.413. The van der Waals surface area contributed by atoms with Crippen molar-refractivity contribution in [3.8, 4) is 11.5 Å². The van der Waals surface area contributed by atoms with Gasteiger partial charge in [-0.1, -0.05) is 0 Å². The Bertz CT molecular complexity index is 928. The molecule has 2 aromatic carbocycles. The first-order chi connectivity index (χ1) is 16.0. The number of halogens is 1. The van der Waals surface area contributed by atoms with Crippen LogP contribution < -0.4 is 19.7 Å². The number of nitrogens with one attached hydrogen (secondary N) is 1. The molecule has 1 N–H and O–H groups in total. The SMILES string of the molecule is COc1cc(C(C)=O)ccc1OCCCC(=O)NCCN1CCN(c2ccc(F)cc2)CC1. The third-order valence-electron chi connectivity index (χ3n) is 5.69. The fourth-order valence-electron chi connectivity index (χ4n) is 3.74. The van der Waals surface area contributed by atoms with Crippen molar-refractivity contribution in [3.05, 3.63) is 53.8 Å². The second-order valence-electron chi connectivity index (χ2n) is 8.03. The molecule has 0 saturated carbocycles. The number of hydrogen-bond acceptors (Lipinski definition) is 6. The van der Waals surface area contributed by atoms with Crippen LogP contribution in [0.1, 0.15) is 30.1 Å². The fourth-order valence-corrected chi connectivity index (χ4v) is 3.74. The van der Waals surface area contributed by atoms with Gasteiger partial charge >= 0.3 is 0 Å². The lowest BCUT2D eigenvalue weighted by Gasteiger charge is -2.36. The maximum Gasteiger partial charge on any atom is 0.220 e. The van der Waals surface area contributed by atoms with Crippen molar-refractivity contribution in [1.82, 2.24) is 10.2 Å². The summed E-state index contributed by atoms with van der Waals surface area (Å²) in [7, 11) is 1.53. The summed E-state index contributed by atoms with van der Waals surface area (Å²) in [5.41, 5.74) is 1.61. The van der Waals surface area contributed by atoms with E-state index in [2.05, 4.69) is 15.1 Å². The molecule has 1 aliphatic heterocycles. The van der Waals surface area contributed by atoms with Gasteiger partial charge in [0.15, 0.2) is 17.3 Å². The summed E-state index contributed by atoms with van der Waals surface area (Å²) < 4.78 is 24.1. The van der Waals surface area contributed by atoms with Crippen molar-refractivity contribution in [2.45, 2.75) is 19.8 Å². The number of piperazine rings is 1. The minimum atomic E-state index is -0.220. The minimum absolute atomic E-state index is 0.00226. The summed E-state index contributed by atoms with van der Waals surface area (Å²) in [5.74, 6) is 0.811. The molecule has 0 spiro atoms. The molecule has 1 amide bonds. The zero-order chi connectivity index (χ0) is 23.6. The van der Waals surface area contributed by atoms with Gasteiger partial charge in [0.1, 0.15) is 5.82 Å². The maximum atomic E-state index is 13.1. The molecule has 0 atom stereocenters. The average molecular weight is 458 g/mol. The van der Waals surface area contributed by atoms with Crippen LogP contribution in [0.3, 0.4) is 0 Å². The number of ketones is 1. The maximum absolute atomic E-state index is 13.1. The normalized spacial score (nSPS) is 14.1. The number of carbonyl (C=O) groups excluding carboxylic acids is 2. The van der Waals surface area contributed by atoms with Gasteiger partial charge < -0.3 is 19.7 Å². The van der Waals surface area contributed by atoms with Gasteiger partial charge in [-0.15, -0.1) is 0 Å². The van der Waals surface area contributed by atoms with Crippen LogP contribution in [0, 0.1) is 5.82 Å². The monoisotopic (exact) mass is 457 g/mol. The highest BCUT2D eigenvalue weighted by Gasteiger charge is 2.17. The smallest absolute Gasteiger partial charge is 0.220 e. The molecule has 0 bridgehead atoms. The van der Waals surface area contributed by atoms with E-state index >= 15 is 0 Å². The molecule has 1 saturated heterocycles. The third kappa shape index (κ3) is 7.46. The van der Waals surface area contributed by atoms with Crippen LogP contribution in [0.2, 0.25) is 0 Å². The number of hydrogen-bond donors (Lipinski definition) is 1. The second kappa shape index (κ2) is 12.2. The molecule has 1 fully saturated rings. The molecule has 0 aromatic heterocycles. The summed E-state index contributed by atoms with van der Waals surface area (Å²) in [4.78, 5) is 28.2. The van der Waals surface area contributed by atoms with E-state index in [-0.39, 0.29) is 17.5 Å². The first kappa shape index (κ1) is 24.5. The average Bonchev–Trinajstić information content (AvgIpc) is 2.82. The largest absolute Gasteiger partial charge is 0.493 e. The number of carbonyl (C=O) groups is 2. The predicted octanol–water partition coefficient (Wildman–Crippen LogP) is 3.13. The topological polar surface area (TPSA) is 71.1 Å². The highest BCUT2D eigenvalue weighted by atomic mass is 19.1. The van der Waals surface area contributed by atoms with E-state index in [4.69, 9.17) is 9.47 Å². The zero-order valence-electron chi connectivity index (χ0n) is 19.3. The number of rotatable bonds is 11. The molecule has 3 rings (SSSR count). The Hall–Kier alpha value is -3.13. The van der Waals surface area contributed by atoms with E-state index in [9.17, 15) is 14.0 Å². The van der Waals surface area contributed by atoms with Crippen LogP contribution in [0.4, 0.5) is 10.1 Å². The van der Waals surface area contributed by atoms with E-state index in [0.717, 1.165) is 38.4 Å². The Morgan fingerprint density at radius 3 is 2.42 bits per heavy atom. The molecular weight excluding hydrogens is 425 g/mol. The van der Waals surface area contributed by atoms with Crippen molar-refractivity contribution < 1.29 is 23.5 Å². The van der Waals surface area contributed by atoms with Crippen molar-refractivity contribution in [1.29, 1.82) is 0 Å². The first-order valence-corrected chi connectivity index (χ1v) is 11.3. The van der Waals surface area contributed by atoms with E-state index in [1.165, 1.54) is 26.2 Å². The summed E-state index contributed by atoms with van der Waals surface area (Å²) in [6.07, 6.45) is 0.964. The van der Waals surface area contributed by atoms with Gasteiger partial charge in [-0.25, -0.2) is 4.39 Å². The number of anilines is 1. The lowest BCUT2D eigenvalue weighted by atomic mass is 10.1. The van der Waals surface area contributed by atoms with Gasteiger partial charge in [0, 0.05) is 56.9 Å². The number of methoxy groups -OCH3 is 1. The van der Waals surface area contributed by atoms with Crippen LogP contribution in [-0.4, -0.2) is 69.6 Å². The number of Topliss-reactive ketones (excluding diaryl/α,β-unsaturated/α-hetero) is 1. The molecule has 0 aliphatic carbocycles. The summed E-state index contributed by atoms with van der Waals surface area (Å²) in [5, 5.41) is 2.97. The Kier molecular flexibility index (Phi) is 9.06. The molecule has 0 radical (unpaired) electrons. The van der Waals surface area contributed by atoms with E-state index in [1.807, 2.05) is 12.1 Å². The minimum Gasteiger partial charge on any atom is -0.493 e. The molecule has 2 aromatic rings. The van der Waals surface area contributed by atoms with Crippen LogP contribution >= 0.6 is 0 Å². The molecule has 33 heavy (non-hydrogen) atoms. The first-order valence-electron chi connectivity index (χ1n) is 11.3. The van der Waals surface area contributed by atoms with Gasteiger partial charge in [-0.05, 0) is 55.8 Å². The molecule has 1 heterocycles. The van der Waals surface area contributed by atoms with Crippen LogP contribution in [0.5, 0.6) is 11.5 Å². The number of ether oxygens (including phenoxy) is 2. The van der Waals surface area contributed by atoms with Gasteiger partial charge in [-0.2, -0.15) is 0 Å². The highest BCUT2D eigenvalue weighted by molar-refractivity contribution is 5.94. The number of nitrogens with zero attached hydrogens (tertiary/aromatic N) is 2. The zero-order valence-corrected chi connectivity index (χ0v) is 19.3. The van der Waals surface area contributed by atoms with Gasteiger partial charge in [0.2, 0.25) is 5.91 Å². The molecular formula is C25H32FN3O4. The molecule has 178 valence electrons. The number of amides is 1. The highest BCUT2D eigenvalue weighted by Crippen LogP contribution is 2.28. The van der Waals surface area contributed by atoms with Gasteiger partial charge in [-0.3, -0.25) is 14.5 Å². The summed E-state index contributed by atoms with van der Waals surface area (Å²) in [6.45, 7) is 6.88. The fraction of sp³-hybridized carbons (Fsp3) is 0.440. The Morgan fingerprint density at radius 2 is 1.76 bits per heavy atom. The molecule has 0 unspecified atom stereocenters. The number of benzene rings is 2. The van der Waals surface area contributed by atoms with Crippen LogP contribution in [0.25, 0.3) is 0 Å². The van der Waals surface area contributed by atoms with Crippen molar-refractivity contribution in [2.75, 3.05) is 57.9 Å². The van der Waals surface area contributed by atoms with Gasteiger partial charge in [0.25, 0.3) is 0 Å². The Balaban J connectivity index is 1.28. The van der Waals surface area contributed by atoms with Crippen molar-refractivity contribution >= 4 is 17.4 Å². The van der Waals surface area contributed by atoms with Crippen molar-refractivity contribution in [2.24, 2.45) is 0 Å².